The fraction of sp³-hybridized carbons (Fsp3) is 0.556. The number of nitrogens with zero attached hydrogens (tertiary/aromatic N) is 5. The van der Waals surface area contributed by atoms with Crippen molar-refractivity contribution < 1.29 is 0 Å². The lowest BCUT2D eigenvalue weighted by atomic mass is 10.1. The number of aryl methyl sites for hydroxylation is 1. The molecule has 0 unspecified atom stereocenters. The largest absolute Gasteiger partial charge is 0.338 e. The zero-order valence-corrected chi connectivity index (χ0v) is 14.2. The molecule has 1 saturated carbocycles. The molecule has 0 spiro atoms. The van der Waals surface area contributed by atoms with E-state index in [0.717, 1.165) is 57.1 Å². The van der Waals surface area contributed by atoms with Crippen molar-refractivity contribution in [3.8, 4) is 5.69 Å². The second kappa shape index (κ2) is 5.57. The van der Waals surface area contributed by atoms with E-state index in [-0.39, 0.29) is 0 Å². The average Bonchev–Trinajstić information content (AvgIpc) is 3.38. The molecule has 2 aliphatic heterocycles. The molecular weight excluding hydrogens is 300 g/mol. The topological polar surface area (TPSA) is 49.2 Å². The van der Waals surface area contributed by atoms with Gasteiger partial charge in [-0.1, -0.05) is 17.7 Å². The van der Waals surface area contributed by atoms with Crippen molar-refractivity contribution >= 4 is 5.95 Å². The van der Waals surface area contributed by atoms with E-state index < -0.39 is 0 Å². The van der Waals surface area contributed by atoms with Gasteiger partial charge in [-0.3, -0.25) is 9.47 Å². The second-order valence-corrected chi connectivity index (χ2v) is 7.26. The maximum Gasteiger partial charge on any atom is 0.232 e. The number of benzene rings is 1. The molecule has 1 aromatic carbocycles. The fourth-order valence-corrected chi connectivity index (χ4v) is 3.94. The van der Waals surface area contributed by atoms with Crippen LogP contribution in [-0.4, -0.2) is 51.9 Å². The number of aromatic nitrogens is 3. The first-order valence-corrected chi connectivity index (χ1v) is 9.03. The summed E-state index contributed by atoms with van der Waals surface area (Å²) in [4.78, 5) is 4.94. The Hall–Kier alpha value is -1.92. The molecule has 1 N–H and O–H groups in total. The number of hydrogen-bond donors (Lipinski definition) is 1. The first-order chi connectivity index (χ1) is 11.8. The van der Waals surface area contributed by atoms with Crippen LogP contribution in [0.2, 0.25) is 0 Å². The van der Waals surface area contributed by atoms with Gasteiger partial charge in [0.25, 0.3) is 0 Å². The van der Waals surface area contributed by atoms with E-state index in [1.54, 1.807) is 0 Å². The number of fused-ring (bicyclic) bond motifs is 3. The lowest BCUT2D eigenvalue weighted by Gasteiger charge is -2.28. The van der Waals surface area contributed by atoms with Crippen LogP contribution in [0.15, 0.2) is 18.2 Å². The minimum Gasteiger partial charge on any atom is -0.338 e. The highest BCUT2D eigenvalue weighted by Crippen LogP contribution is 2.35. The van der Waals surface area contributed by atoms with Gasteiger partial charge in [-0.15, -0.1) is 10.2 Å². The third-order valence-electron chi connectivity index (χ3n) is 5.37. The van der Waals surface area contributed by atoms with E-state index in [1.807, 2.05) is 0 Å². The van der Waals surface area contributed by atoms with Gasteiger partial charge in [0.2, 0.25) is 5.95 Å². The number of hydrogen-bond acceptors (Lipinski definition) is 5. The number of anilines is 1. The van der Waals surface area contributed by atoms with E-state index in [9.17, 15) is 0 Å². The minimum absolute atomic E-state index is 0.726. The SMILES string of the molecule is Cc1ccc2c(c1)CN(C1CC1)Cc1nnc(N3CCNCC3)n1-2. The third kappa shape index (κ3) is 2.41. The quantitative estimate of drug-likeness (QED) is 0.906. The highest BCUT2D eigenvalue weighted by molar-refractivity contribution is 5.51. The van der Waals surface area contributed by atoms with E-state index in [1.165, 1.54) is 29.7 Å². The molecule has 0 amide bonds. The molecule has 1 aromatic heterocycles. The van der Waals surface area contributed by atoms with Crippen molar-refractivity contribution in [1.29, 1.82) is 0 Å². The highest BCUT2D eigenvalue weighted by Gasteiger charge is 2.34. The molecule has 0 atom stereocenters. The van der Waals surface area contributed by atoms with Crippen LogP contribution in [-0.2, 0) is 13.1 Å². The molecular formula is C18H24N6. The summed E-state index contributed by atoms with van der Waals surface area (Å²) in [6.07, 6.45) is 2.64. The van der Waals surface area contributed by atoms with Gasteiger partial charge >= 0.3 is 0 Å². The Morgan fingerprint density at radius 1 is 1.08 bits per heavy atom. The Bertz CT molecular complexity index is 757. The fourth-order valence-electron chi connectivity index (χ4n) is 3.94. The van der Waals surface area contributed by atoms with E-state index >= 15 is 0 Å². The van der Waals surface area contributed by atoms with Crippen LogP contribution >= 0.6 is 0 Å². The summed E-state index contributed by atoms with van der Waals surface area (Å²) in [5.74, 6) is 2.09. The van der Waals surface area contributed by atoms with Crippen molar-refractivity contribution in [3.05, 3.63) is 35.2 Å². The van der Waals surface area contributed by atoms with Crippen LogP contribution in [0.1, 0.15) is 29.8 Å². The van der Waals surface area contributed by atoms with Gasteiger partial charge in [-0.05, 0) is 31.4 Å². The Morgan fingerprint density at radius 2 is 1.92 bits per heavy atom. The van der Waals surface area contributed by atoms with Crippen LogP contribution in [0, 0.1) is 6.92 Å². The smallest absolute Gasteiger partial charge is 0.232 e. The summed E-state index contributed by atoms with van der Waals surface area (Å²) in [6, 6.07) is 7.52. The van der Waals surface area contributed by atoms with Gasteiger partial charge in [-0.25, -0.2) is 0 Å². The lowest BCUT2D eigenvalue weighted by molar-refractivity contribution is 0.243. The molecule has 126 valence electrons. The summed E-state index contributed by atoms with van der Waals surface area (Å²) in [5, 5.41) is 12.6. The number of rotatable bonds is 2. The molecule has 24 heavy (non-hydrogen) atoms. The van der Waals surface area contributed by atoms with Crippen LogP contribution in [0.25, 0.3) is 5.69 Å². The standard InChI is InChI=1S/C18H24N6/c1-13-2-5-16-14(10-13)11-23(15-3-4-15)12-17-20-21-18(24(16)17)22-8-6-19-7-9-22/h2,5,10,15,19H,3-4,6-9,11-12H2,1H3. The molecule has 0 bridgehead atoms. The normalized spacial score (nSPS) is 21.3. The second-order valence-electron chi connectivity index (χ2n) is 7.26. The predicted molar refractivity (Wildman–Crippen MR) is 93.4 cm³/mol. The zero-order valence-electron chi connectivity index (χ0n) is 14.2. The molecule has 2 aromatic rings. The molecule has 6 heteroatoms. The molecule has 5 rings (SSSR count). The molecule has 6 nitrogen and oxygen atoms in total. The molecule has 1 saturated heterocycles. The van der Waals surface area contributed by atoms with Crippen molar-refractivity contribution in [2.24, 2.45) is 0 Å². The summed E-state index contributed by atoms with van der Waals surface area (Å²) in [7, 11) is 0. The van der Waals surface area contributed by atoms with Crippen molar-refractivity contribution in [3.63, 3.8) is 0 Å². The van der Waals surface area contributed by atoms with Crippen molar-refractivity contribution in [1.82, 2.24) is 25.0 Å². The maximum atomic E-state index is 4.58. The monoisotopic (exact) mass is 324 g/mol. The van der Waals surface area contributed by atoms with Gasteiger partial charge < -0.3 is 10.2 Å². The Morgan fingerprint density at radius 3 is 2.71 bits per heavy atom. The van der Waals surface area contributed by atoms with Gasteiger partial charge in [0.05, 0.1) is 12.2 Å². The Kier molecular flexibility index (Phi) is 3.35. The summed E-state index contributed by atoms with van der Waals surface area (Å²) < 4.78 is 2.31. The first kappa shape index (κ1) is 14.4. The molecule has 1 aliphatic carbocycles. The van der Waals surface area contributed by atoms with Crippen molar-refractivity contribution in [2.75, 3.05) is 31.1 Å². The highest BCUT2D eigenvalue weighted by atomic mass is 15.4. The summed E-state index contributed by atoms with van der Waals surface area (Å²) in [6.45, 7) is 8.10. The molecule has 3 aliphatic rings. The maximum absolute atomic E-state index is 4.58. The van der Waals surface area contributed by atoms with E-state index in [0.29, 0.717) is 0 Å². The summed E-state index contributed by atoms with van der Waals surface area (Å²) >= 11 is 0. The van der Waals surface area contributed by atoms with Gasteiger partial charge in [0.1, 0.15) is 0 Å². The third-order valence-corrected chi connectivity index (χ3v) is 5.37. The van der Waals surface area contributed by atoms with E-state index in [2.05, 4.69) is 55.0 Å². The van der Waals surface area contributed by atoms with Crippen LogP contribution < -0.4 is 10.2 Å². The van der Waals surface area contributed by atoms with Crippen LogP contribution in [0.4, 0.5) is 5.95 Å². The Balaban J connectivity index is 1.63. The van der Waals surface area contributed by atoms with E-state index in [4.69, 9.17) is 0 Å². The van der Waals surface area contributed by atoms with Gasteiger partial charge in [0.15, 0.2) is 5.82 Å². The molecule has 3 heterocycles. The average molecular weight is 324 g/mol. The number of nitrogens with one attached hydrogen (secondary N) is 1. The van der Waals surface area contributed by atoms with Gasteiger partial charge in [0, 0.05) is 38.8 Å². The van der Waals surface area contributed by atoms with Crippen molar-refractivity contribution in [2.45, 2.75) is 38.9 Å². The Labute approximate surface area is 142 Å². The molecule has 2 fully saturated rings. The molecule has 0 radical (unpaired) electrons. The predicted octanol–water partition coefficient (Wildman–Crippen LogP) is 1.46. The zero-order chi connectivity index (χ0) is 16.1. The minimum atomic E-state index is 0.726. The van der Waals surface area contributed by atoms with Crippen LogP contribution in [0.3, 0.4) is 0 Å². The number of piperazine rings is 1. The van der Waals surface area contributed by atoms with Crippen LogP contribution in [0.5, 0.6) is 0 Å². The first-order valence-electron chi connectivity index (χ1n) is 9.03. The van der Waals surface area contributed by atoms with Gasteiger partial charge in [-0.2, -0.15) is 0 Å². The lowest BCUT2D eigenvalue weighted by Crippen LogP contribution is -2.44. The summed E-state index contributed by atoms with van der Waals surface area (Å²) in [5.41, 5.74) is 3.99.